The van der Waals surface area contributed by atoms with Gasteiger partial charge < -0.3 is 14.6 Å². The quantitative estimate of drug-likeness (QED) is 0.764. The molecule has 4 heteroatoms. The molecule has 0 aliphatic carbocycles. The molecule has 1 aromatic rings. The van der Waals surface area contributed by atoms with Crippen molar-refractivity contribution in [3.05, 3.63) is 29.8 Å². The summed E-state index contributed by atoms with van der Waals surface area (Å²) in [5.74, 6) is -0.00532. The van der Waals surface area contributed by atoms with Crippen LogP contribution in [0.25, 0.3) is 0 Å². The first kappa shape index (κ1) is 11.0. The molecule has 16 heavy (non-hydrogen) atoms. The summed E-state index contributed by atoms with van der Waals surface area (Å²) in [5.41, 5.74) is -0.712. The maximum absolute atomic E-state index is 11.6. The number of esters is 1. The molecule has 0 fully saturated rings. The lowest BCUT2D eigenvalue weighted by Gasteiger charge is -2.22. The van der Waals surface area contributed by atoms with Crippen LogP contribution in [-0.2, 0) is 15.1 Å². The van der Waals surface area contributed by atoms with E-state index in [2.05, 4.69) is 0 Å². The van der Waals surface area contributed by atoms with Gasteiger partial charge in [0.25, 0.3) is 0 Å². The van der Waals surface area contributed by atoms with Crippen molar-refractivity contribution in [3.8, 4) is 5.75 Å². The monoisotopic (exact) mass is 222 g/mol. The molecule has 1 aliphatic rings. The second kappa shape index (κ2) is 3.79. The molecule has 1 aliphatic heterocycles. The molecule has 0 bridgehead atoms. The second-order valence-electron chi connectivity index (χ2n) is 3.89. The Morgan fingerprint density at radius 1 is 1.56 bits per heavy atom. The van der Waals surface area contributed by atoms with Gasteiger partial charge in [0.2, 0.25) is 6.10 Å². The molecule has 1 N–H and O–H groups in total. The zero-order chi connectivity index (χ0) is 11.8. The Labute approximate surface area is 93.8 Å². The van der Waals surface area contributed by atoms with Gasteiger partial charge in [0, 0.05) is 5.56 Å². The van der Waals surface area contributed by atoms with Crippen LogP contribution in [0.15, 0.2) is 24.3 Å². The van der Waals surface area contributed by atoms with Crippen molar-refractivity contribution in [3.63, 3.8) is 0 Å². The third-order valence-corrected chi connectivity index (χ3v) is 2.69. The van der Waals surface area contributed by atoms with Gasteiger partial charge in [-0.1, -0.05) is 18.2 Å². The number of hydrogen-bond donors (Lipinski definition) is 1. The van der Waals surface area contributed by atoms with E-state index in [9.17, 15) is 9.90 Å². The summed E-state index contributed by atoms with van der Waals surface area (Å²) < 4.78 is 10.3. The first-order valence-electron chi connectivity index (χ1n) is 5.22. The van der Waals surface area contributed by atoms with Crippen LogP contribution in [0.1, 0.15) is 19.4 Å². The van der Waals surface area contributed by atoms with Crippen LogP contribution in [0, 0.1) is 0 Å². The molecule has 4 nitrogen and oxygen atoms in total. The molecule has 0 amide bonds. The van der Waals surface area contributed by atoms with Gasteiger partial charge >= 0.3 is 5.97 Å². The third kappa shape index (κ3) is 1.55. The predicted octanol–water partition coefficient (Wildman–Crippen LogP) is 1.22. The Balaban J connectivity index is 2.32. The topological polar surface area (TPSA) is 55.8 Å². The maximum atomic E-state index is 11.6. The number of para-hydroxylation sites is 1. The molecule has 1 aromatic carbocycles. The second-order valence-corrected chi connectivity index (χ2v) is 3.89. The molecule has 0 unspecified atom stereocenters. The van der Waals surface area contributed by atoms with Crippen LogP contribution >= 0.6 is 0 Å². The van der Waals surface area contributed by atoms with Crippen molar-refractivity contribution in [2.75, 3.05) is 6.61 Å². The molecule has 0 saturated carbocycles. The minimum atomic E-state index is -1.33. The van der Waals surface area contributed by atoms with Gasteiger partial charge in [-0.25, -0.2) is 4.79 Å². The minimum Gasteiger partial charge on any atom is -0.475 e. The molecule has 0 saturated heterocycles. The highest BCUT2D eigenvalue weighted by Gasteiger charge is 2.48. The Morgan fingerprint density at radius 2 is 2.25 bits per heavy atom. The number of hydrogen-bond acceptors (Lipinski definition) is 4. The summed E-state index contributed by atoms with van der Waals surface area (Å²) >= 11 is 0. The zero-order valence-electron chi connectivity index (χ0n) is 9.27. The zero-order valence-corrected chi connectivity index (χ0v) is 9.27. The summed E-state index contributed by atoms with van der Waals surface area (Å²) in [6.07, 6.45) is -0.982. The normalized spacial score (nSPS) is 27.1. The fraction of sp³-hybridized carbons (Fsp3) is 0.417. The minimum absolute atomic E-state index is 0.269. The van der Waals surface area contributed by atoms with Crippen LogP contribution in [0.4, 0.5) is 0 Å². The molecule has 0 aromatic heterocycles. The first-order chi connectivity index (χ1) is 7.57. The highest BCUT2D eigenvalue weighted by atomic mass is 16.6. The van der Waals surface area contributed by atoms with Gasteiger partial charge in [0.1, 0.15) is 11.4 Å². The highest BCUT2D eigenvalue weighted by molar-refractivity contribution is 5.78. The van der Waals surface area contributed by atoms with Crippen molar-refractivity contribution in [1.29, 1.82) is 0 Å². The standard InChI is InChI=1S/C12H14O4/c1-3-15-11(13)10-12(2,14)8-6-4-5-7-9(8)16-10/h4-7,10,14H,3H2,1-2H3/t10-,12+/m0/s1. The number of aliphatic hydroxyl groups is 1. The number of rotatable bonds is 2. The van der Waals surface area contributed by atoms with Crippen molar-refractivity contribution in [1.82, 2.24) is 0 Å². The van der Waals surface area contributed by atoms with Crippen LogP contribution in [0.5, 0.6) is 5.75 Å². The van der Waals surface area contributed by atoms with Crippen molar-refractivity contribution < 1.29 is 19.4 Å². The van der Waals surface area contributed by atoms with Gasteiger partial charge in [0.05, 0.1) is 6.61 Å². The van der Waals surface area contributed by atoms with Crippen molar-refractivity contribution in [2.45, 2.75) is 25.6 Å². The number of fused-ring (bicyclic) bond motifs is 1. The molecule has 0 spiro atoms. The third-order valence-electron chi connectivity index (χ3n) is 2.69. The van der Waals surface area contributed by atoms with E-state index in [1.165, 1.54) is 0 Å². The van der Waals surface area contributed by atoms with E-state index in [4.69, 9.17) is 9.47 Å². The van der Waals surface area contributed by atoms with Gasteiger partial charge in [0.15, 0.2) is 0 Å². The molecule has 1 heterocycles. The van der Waals surface area contributed by atoms with Crippen LogP contribution in [0.3, 0.4) is 0 Å². The van der Waals surface area contributed by atoms with E-state index in [0.29, 0.717) is 11.3 Å². The summed E-state index contributed by atoms with van der Waals surface area (Å²) in [5, 5.41) is 10.3. The lowest BCUT2D eigenvalue weighted by molar-refractivity contribution is -0.161. The average molecular weight is 222 g/mol. The van der Waals surface area contributed by atoms with Gasteiger partial charge in [-0.05, 0) is 19.9 Å². The molecule has 2 atom stereocenters. The summed E-state index contributed by atoms with van der Waals surface area (Å²) in [4.78, 5) is 11.6. The lowest BCUT2D eigenvalue weighted by Crippen LogP contribution is -2.42. The molecular weight excluding hydrogens is 208 g/mol. The molecule has 86 valence electrons. The molecular formula is C12H14O4. The Kier molecular flexibility index (Phi) is 2.59. The van der Waals surface area contributed by atoms with E-state index in [-0.39, 0.29) is 6.61 Å². The lowest BCUT2D eigenvalue weighted by atomic mass is 9.92. The van der Waals surface area contributed by atoms with E-state index in [1.54, 1.807) is 38.1 Å². The Hall–Kier alpha value is -1.55. The summed E-state index contributed by atoms with van der Waals surface area (Å²) in [7, 11) is 0. The summed E-state index contributed by atoms with van der Waals surface area (Å²) in [6.45, 7) is 3.54. The smallest absolute Gasteiger partial charge is 0.350 e. The fourth-order valence-corrected chi connectivity index (χ4v) is 1.87. The van der Waals surface area contributed by atoms with Crippen LogP contribution < -0.4 is 4.74 Å². The van der Waals surface area contributed by atoms with Crippen molar-refractivity contribution >= 4 is 5.97 Å². The van der Waals surface area contributed by atoms with E-state index >= 15 is 0 Å². The van der Waals surface area contributed by atoms with Crippen molar-refractivity contribution in [2.24, 2.45) is 0 Å². The molecule has 2 rings (SSSR count). The summed E-state index contributed by atoms with van der Waals surface area (Å²) in [6, 6.07) is 7.06. The maximum Gasteiger partial charge on any atom is 0.350 e. The van der Waals surface area contributed by atoms with Gasteiger partial charge in [-0.2, -0.15) is 0 Å². The van der Waals surface area contributed by atoms with Crippen LogP contribution in [-0.4, -0.2) is 23.8 Å². The largest absolute Gasteiger partial charge is 0.475 e. The average Bonchev–Trinajstić information content (AvgIpc) is 2.52. The Bertz CT molecular complexity index is 411. The van der Waals surface area contributed by atoms with E-state index in [1.807, 2.05) is 0 Å². The number of carbonyl (C=O) groups excluding carboxylic acids is 1. The van der Waals surface area contributed by atoms with E-state index in [0.717, 1.165) is 0 Å². The predicted molar refractivity (Wildman–Crippen MR) is 57.1 cm³/mol. The number of carbonyl (C=O) groups is 1. The fourth-order valence-electron chi connectivity index (χ4n) is 1.87. The van der Waals surface area contributed by atoms with E-state index < -0.39 is 17.7 Å². The number of benzene rings is 1. The van der Waals surface area contributed by atoms with Crippen LogP contribution in [0.2, 0.25) is 0 Å². The molecule has 0 radical (unpaired) electrons. The van der Waals surface area contributed by atoms with Gasteiger partial charge in [-0.3, -0.25) is 0 Å². The first-order valence-corrected chi connectivity index (χ1v) is 5.22. The SMILES string of the molecule is CCOC(=O)[C@@H]1Oc2ccccc2[C@@]1(C)O. The highest BCUT2D eigenvalue weighted by Crippen LogP contribution is 2.41. The number of ether oxygens (including phenoxy) is 2. The van der Waals surface area contributed by atoms with Gasteiger partial charge in [-0.15, -0.1) is 0 Å². The Morgan fingerprint density at radius 3 is 2.88 bits per heavy atom.